The normalized spacial score (nSPS) is 14.1. The maximum atomic E-state index is 13.0. The first kappa shape index (κ1) is 18.9. The van der Waals surface area contributed by atoms with E-state index in [-0.39, 0.29) is 17.3 Å². The van der Waals surface area contributed by atoms with Gasteiger partial charge in [0.2, 0.25) is 11.5 Å². The van der Waals surface area contributed by atoms with Crippen LogP contribution in [0.3, 0.4) is 0 Å². The lowest BCUT2D eigenvalue weighted by atomic mass is 10.1. The summed E-state index contributed by atoms with van der Waals surface area (Å²) in [4.78, 5) is 25.2. The minimum absolute atomic E-state index is 0.102. The Labute approximate surface area is 178 Å². The minimum atomic E-state index is -0.611. The summed E-state index contributed by atoms with van der Waals surface area (Å²) in [6.45, 7) is 4.65. The van der Waals surface area contributed by atoms with Gasteiger partial charge in [-0.3, -0.25) is 4.79 Å². The van der Waals surface area contributed by atoms with Crippen molar-refractivity contribution in [2.24, 2.45) is 0 Å². The van der Waals surface area contributed by atoms with Gasteiger partial charge in [-0.05, 0) is 50.3 Å². The molecule has 0 bridgehead atoms. The third-order valence-corrected chi connectivity index (χ3v) is 5.41. The molecule has 3 heterocycles. The van der Waals surface area contributed by atoms with Gasteiger partial charge in [0.25, 0.3) is 0 Å². The van der Waals surface area contributed by atoms with E-state index in [2.05, 4.69) is 17.6 Å². The maximum absolute atomic E-state index is 13.0. The molecule has 0 saturated carbocycles. The number of hydrogen-bond donors (Lipinski definition) is 0. The zero-order valence-electron chi connectivity index (χ0n) is 17.0. The number of allylic oxidation sites excluding steroid dienone is 1. The molecule has 5 rings (SSSR count). The number of carbonyl (C=O) groups excluding carboxylic acids is 2. The van der Waals surface area contributed by atoms with Crippen LogP contribution >= 0.6 is 0 Å². The van der Waals surface area contributed by atoms with Gasteiger partial charge < -0.3 is 18.5 Å². The number of ether oxygens (including phenoxy) is 2. The van der Waals surface area contributed by atoms with Crippen LogP contribution in [-0.2, 0) is 6.54 Å². The first-order chi connectivity index (χ1) is 15.1. The average Bonchev–Trinajstić information content (AvgIpc) is 3.50. The second-order valence-electron chi connectivity index (χ2n) is 7.26. The van der Waals surface area contributed by atoms with Crippen molar-refractivity contribution in [1.82, 2.24) is 4.57 Å². The van der Waals surface area contributed by atoms with Gasteiger partial charge in [-0.1, -0.05) is 18.2 Å². The van der Waals surface area contributed by atoms with E-state index in [9.17, 15) is 9.59 Å². The molecular formula is C25H19NO5. The molecule has 154 valence electrons. The molecule has 4 aromatic rings. The van der Waals surface area contributed by atoms with Crippen LogP contribution in [0.5, 0.6) is 11.5 Å². The molecule has 1 aliphatic heterocycles. The van der Waals surface area contributed by atoms with Gasteiger partial charge in [0.05, 0.1) is 11.8 Å². The molecule has 1 aliphatic rings. The number of rotatable bonds is 4. The van der Waals surface area contributed by atoms with Gasteiger partial charge in [-0.15, -0.1) is 0 Å². The van der Waals surface area contributed by atoms with E-state index in [0.29, 0.717) is 22.6 Å². The summed E-state index contributed by atoms with van der Waals surface area (Å²) >= 11 is 0. The quantitative estimate of drug-likeness (QED) is 0.255. The Kier molecular flexibility index (Phi) is 4.47. The molecule has 6 heteroatoms. The Bertz CT molecular complexity index is 1360. The van der Waals surface area contributed by atoms with E-state index in [0.717, 1.165) is 23.0 Å². The molecule has 6 nitrogen and oxygen atoms in total. The summed E-state index contributed by atoms with van der Waals surface area (Å²) < 4.78 is 18.6. The lowest BCUT2D eigenvalue weighted by Gasteiger charge is -2.09. The highest BCUT2D eigenvalue weighted by Crippen LogP contribution is 2.40. The van der Waals surface area contributed by atoms with Crippen molar-refractivity contribution in [3.05, 3.63) is 89.2 Å². The Morgan fingerprint density at radius 3 is 2.74 bits per heavy atom. The summed E-state index contributed by atoms with van der Waals surface area (Å²) in [5.74, 6) is 0.254. The van der Waals surface area contributed by atoms with Crippen molar-refractivity contribution in [1.29, 1.82) is 0 Å². The van der Waals surface area contributed by atoms with Gasteiger partial charge in [0.15, 0.2) is 5.76 Å². The van der Waals surface area contributed by atoms with Crippen molar-refractivity contribution in [2.75, 3.05) is 0 Å². The topological polar surface area (TPSA) is 70.7 Å². The summed E-state index contributed by atoms with van der Waals surface area (Å²) in [6, 6.07) is 14.4. The van der Waals surface area contributed by atoms with Crippen LogP contribution in [0.4, 0.5) is 0 Å². The van der Waals surface area contributed by atoms with Crippen molar-refractivity contribution in [3.63, 3.8) is 0 Å². The third kappa shape index (κ3) is 3.13. The van der Waals surface area contributed by atoms with Crippen LogP contribution in [0.15, 0.2) is 71.2 Å². The number of benzene rings is 2. The van der Waals surface area contributed by atoms with Crippen molar-refractivity contribution in [3.8, 4) is 11.5 Å². The largest absolute Gasteiger partial charge is 0.457 e. The monoisotopic (exact) mass is 413 g/mol. The molecule has 0 spiro atoms. The Morgan fingerprint density at radius 1 is 1.13 bits per heavy atom. The predicted molar refractivity (Wildman–Crippen MR) is 115 cm³/mol. The Morgan fingerprint density at radius 2 is 1.97 bits per heavy atom. The SMILES string of the molecule is CCn1cc(/C=C2/Oc3c(ccc(OC(=O)c4ccco4)c3C)C2=O)c2ccccc21. The molecule has 0 fully saturated rings. The van der Waals surface area contributed by atoms with Gasteiger partial charge >= 0.3 is 5.97 Å². The molecule has 0 amide bonds. The van der Waals surface area contributed by atoms with Crippen LogP contribution < -0.4 is 9.47 Å². The van der Waals surface area contributed by atoms with E-state index in [4.69, 9.17) is 13.9 Å². The molecule has 0 N–H and O–H groups in total. The smallest absolute Gasteiger partial charge is 0.379 e. The molecule has 2 aromatic heterocycles. The number of hydrogen-bond acceptors (Lipinski definition) is 5. The van der Waals surface area contributed by atoms with Crippen molar-refractivity contribution < 1.29 is 23.5 Å². The molecular weight excluding hydrogens is 394 g/mol. The van der Waals surface area contributed by atoms with Gasteiger partial charge in [0.1, 0.15) is 11.5 Å². The number of Topliss-reactive ketones (excluding diaryl/α,β-unsaturated/α-hetero) is 1. The first-order valence-corrected chi connectivity index (χ1v) is 9.98. The number of aryl methyl sites for hydroxylation is 1. The van der Waals surface area contributed by atoms with E-state index in [1.54, 1.807) is 31.2 Å². The van der Waals surface area contributed by atoms with E-state index >= 15 is 0 Å². The number of fused-ring (bicyclic) bond motifs is 2. The number of carbonyl (C=O) groups is 2. The van der Waals surface area contributed by atoms with Gasteiger partial charge in [-0.25, -0.2) is 4.79 Å². The zero-order valence-corrected chi connectivity index (χ0v) is 17.0. The number of esters is 1. The molecule has 0 atom stereocenters. The first-order valence-electron chi connectivity index (χ1n) is 9.98. The lowest BCUT2D eigenvalue weighted by Crippen LogP contribution is -2.08. The summed E-state index contributed by atoms with van der Waals surface area (Å²) in [7, 11) is 0. The maximum Gasteiger partial charge on any atom is 0.379 e. The molecule has 0 saturated heterocycles. The highest BCUT2D eigenvalue weighted by molar-refractivity contribution is 6.15. The number of nitrogens with zero attached hydrogens (tertiary/aromatic N) is 1. The lowest BCUT2D eigenvalue weighted by molar-refractivity contribution is 0.0700. The van der Waals surface area contributed by atoms with Gasteiger partial charge in [-0.2, -0.15) is 0 Å². The molecule has 0 unspecified atom stereocenters. The van der Waals surface area contributed by atoms with Crippen molar-refractivity contribution >= 4 is 28.7 Å². The molecule has 2 aromatic carbocycles. The third-order valence-electron chi connectivity index (χ3n) is 5.41. The van der Waals surface area contributed by atoms with E-state index in [1.165, 1.54) is 12.3 Å². The highest BCUT2D eigenvalue weighted by Gasteiger charge is 2.31. The second kappa shape index (κ2) is 7.32. The zero-order chi connectivity index (χ0) is 21.5. The van der Waals surface area contributed by atoms with Gasteiger partial charge in [0, 0.05) is 34.8 Å². The van der Waals surface area contributed by atoms with E-state index in [1.807, 2.05) is 24.4 Å². The van der Waals surface area contributed by atoms with Crippen LogP contribution in [0.25, 0.3) is 17.0 Å². The number of ketones is 1. The molecule has 0 aliphatic carbocycles. The van der Waals surface area contributed by atoms with E-state index < -0.39 is 5.97 Å². The van der Waals surface area contributed by atoms with Crippen LogP contribution in [0.1, 0.15) is 39.0 Å². The fraction of sp³-hybridized carbons (Fsp3) is 0.120. The molecule has 0 radical (unpaired) electrons. The highest BCUT2D eigenvalue weighted by atomic mass is 16.5. The average molecular weight is 413 g/mol. The Hall–Kier alpha value is -4.06. The fourth-order valence-corrected chi connectivity index (χ4v) is 3.82. The summed E-state index contributed by atoms with van der Waals surface area (Å²) in [5.41, 5.74) is 3.03. The second-order valence-corrected chi connectivity index (χ2v) is 7.26. The summed E-state index contributed by atoms with van der Waals surface area (Å²) in [6.07, 6.45) is 5.19. The standard InChI is InChI=1S/C25H19NO5/c1-3-26-14-16(17-7-4-5-8-19(17)26)13-22-23(27)18-10-11-20(15(2)24(18)30-22)31-25(28)21-9-6-12-29-21/h4-14H,3H2,1-2H3/b22-13+. The van der Waals surface area contributed by atoms with Crippen LogP contribution in [0, 0.1) is 6.92 Å². The van der Waals surface area contributed by atoms with Crippen molar-refractivity contribution in [2.45, 2.75) is 20.4 Å². The molecule has 31 heavy (non-hydrogen) atoms. The minimum Gasteiger partial charge on any atom is -0.457 e. The number of aromatic nitrogens is 1. The predicted octanol–water partition coefficient (Wildman–Crippen LogP) is 5.40. The van der Waals surface area contributed by atoms with Crippen LogP contribution in [0.2, 0.25) is 0 Å². The fourth-order valence-electron chi connectivity index (χ4n) is 3.82. The summed E-state index contributed by atoms with van der Waals surface area (Å²) in [5, 5.41) is 1.05. The van der Waals surface area contributed by atoms with Crippen LogP contribution in [-0.4, -0.2) is 16.3 Å². The number of furan rings is 1. The Balaban J connectivity index is 1.49. The number of para-hydroxylation sites is 1.